The largest absolute Gasteiger partial charge is 0.243 e. The van der Waals surface area contributed by atoms with Gasteiger partial charge in [-0.2, -0.15) is 0 Å². The van der Waals surface area contributed by atoms with Crippen LogP contribution in [0.1, 0.15) is 18.9 Å². The summed E-state index contributed by atoms with van der Waals surface area (Å²) in [5.41, 5.74) is 1.39. The molecule has 1 aromatic rings. The minimum Gasteiger partial charge on any atom is -0.243 e. The first-order valence-electron chi connectivity index (χ1n) is 4.27. The molecule has 0 spiro atoms. The molecule has 0 aliphatic rings. The van der Waals surface area contributed by atoms with Crippen LogP contribution in [-0.4, -0.2) is 9.66 Å². The van der Waals surface area contributed by atoms with Gasteiger partial charge in [0.1, 0.15) is 0 Å². The Morgan fingerprint density at radius 2 is 1.92 bits per heavy atom. The lowest BCUT2D eigenvalue weighted by Crippen LogP contribution is -2.11. The van der Waals surface area contributed by atoms with E-state index in [0.29, 0.717) is 0 Å². The molecule has 0 saturated heterocycles. The molecule has 1 rings (SSSR count). The van der Waals surface area contributed by atoms with Gasteiger partial charge in [0.15, 0.2) is 0 Å². The first-order chi connectivity index (χ1) is 5.83. The van der Waals surface area contributed by atoms with Crippen molar-refractivity contribution in [3.8, 4) is 0 Å². The highest BCUT2D eigenvalue weighted by Crippen LogP contribution is 2.08. The molecule has 0 radical (unpaired) electrons. The zero-order chi connectivity index (χ0) is 8.81. The van der Waals surface area contributed by atoms with Crippen LogP contribution in [0.5, 0.6) is 0 Å². The number of hydrogen-bond acceptors (Lipinski definition) is 1. The van der Waals surface area contributed by atoms with Gasteiger partial charge in [-0.3, -0.25) is 0 Å². The Morgan fingerprint density at radius 3 is 2.50 bits per heavy atom. The molecule has 0 atom stereocenters. The number of nitrogens with zero attached hydrogens (tertiary/aromatic N) is 1. The third-order valence-corrected chi connectivity index (χ3v) is 2.49. The van der Waals surface area contributed by atoms with Crippen LogP contribution >= 0.6 is 22.9 Å². The summed E-state index contributed by atoms with van der Waals surface area (Å²) in [7, 11) is 0. The van der Waals surface area contributed by atoms with Gasteiger partial charge in [0, 0.05) is 36.0 Å². The summed E-state index contributed by atoms with van der Waals surface area (Å²) in [6, 6.07) is 10.6. The summed E-state index contributed by atoms with van der Waals surface area (Å²) >= 11 is 2.38. The molecular weight excluding hydrogens is 261 g/mol. The van der Waals surface area contributed by atoms with Crippen LogP contribution < -0.4 is 0 Å². The molecular formula is C10H14IN. The van der Waals surface area contributed by atoms with Crippen LogP contribution in [0.4, 0.5) is 0 Å². The number of benzene rings is 1. The van der Waals surface area contributed by atoms with Gasteiger partial charge in [-0.15, -0.1) is 0 Å². The smallest absolute Gasteiger partial charge is 0.0332 e. The predicted molar refractivity (Wildman–Crippen MR) is 61.2 cm³/mol. The van der Waals surface area contributed by atoms with E-state index in [9.17, 15) is 0 Å². The molecule has 1 aromatic carbocycles. The average Bonchev–Trinajstić information content (AvgIpc) is 2.06. The summed E-state index contributed by atoms with van der Waals surface area (Å²) in [6.07, 6.45) is 1.22. The van der Waals surface area contributed by atoms with E-state index in [1.807, 2.05) is 0 Å². The number of halogens is 1. The van der Waals surface area contributed by atoms with E-state index in [1.54, 1.807) is 0 Å². The lowest BCUT2D eigenvalue weighted by atomic mass is 10.2. The molecule has 0 aromatic heterocycles. The Morgan fingerprint density at radius 1 is 1.25 bits per heavy atom. The molecule has 0 amide bonds. The van der Waals surface area contributed by atoms with Gasteiger partial charge in [0.25, 0.3) is 0 Å². The van der Waals surface area contributed by atoms with Gasteiger partial charge in [-0.05, 0) is 12.0 Å². The second kappa shape index (κ2) is 5.54. The van der Waals surface area contributed by atoms with E-state index in [2.05, 4.69) is 63.2 Å². The highest BCUT2D eigenvalue weighted by molar-refractivity contribution is 14.1. The molecule has 0 unspecified atom stereocenters. The van der Waals surface area contributed by atoms with Crippen molar-refractivity contribution >= 4 is 22.9 Å². The van der Waals surface area contributed by atoms with Crippen molar-refractivity contribution in [2.75, 3.05) is 6.54 Å². The summed E-state index contributed by atoms with van der Waals surface area (Å²) < 4.78 is 2.31. The molecule has 1 nitrogen and oxygen atoms in total. The third-order valence-electron chi connectivity index (χ3n) is 1.66. The monoisotopic (exact) mass is 275 g/mol. The van der Waals surface area contributed by atoms with E-state index in [4.69, 9.17) is 0 Å². The van der Waals surface area contributed by atoms with E-state index in [1.165, 1.54) is 12.0 Å². The van der Waals surface area contributed by atoms with Crippen molar-refractivity contribution in [3.63, 3.8) is 0 Å². The molecule has 0 bridgehead atoms. The van der Waals surface area contributed by atoms with Crippen molar-refractivity contribution in [1.29, 1.82) is 0 Å². The van der Waals surface area contributed by atoms with Crippen molar-refractivity contribution < 1.29 is 0 Å². The van der Waals surface area contributed by atoms with Crippen molar-refractivity contribution in [2.45, 2.75) is 19.9 Å². The molecule has 0 aliphatic carbocycles. The van der Waals surface area contributed by atoms with Crippen LogP contribution in [0, 0.1) is 0 Å². The standard InChI is InChI=1S/C10H14IN/c1-2-8-12(11)9-10-6-4-3-5-7-10/h3-7H,2,8-9H2,1H3. The fourth-order valence-corrected chi connectivity index (χ4v) is 1.98. The topological polar surface area (TPSA) is 3.24 Å². The number of rotatable bonds is 4. The molecule has 0 heterocycles. The zero-order valence-electron chi connectivity index (χ0n) is 7.33. The molecule has 2 heteroatoms. The molecule has 12 heavy (non-hydrogen) atoms. The van der Waals surface area contributed by atoms with Gasteiger partial charge >= 0.3 is 0 Å². The Bertz CT molecular complexity index is 210. The first-order valence-corrected chi connectivity index (χ1v) is 5.24. The Balaban J connectivity index is 2.41. The van der Waals surface area contributed by atoms with Gasteiger partial charge in [-0.25, -0.2) is 3.11 Å². The van der Waals surface area contributed by atoms with Crippen LogP contribution in [0.3, 0.4) is 0 Å². The lowest BCUT2D eigenvalue weighted by Gasteiger charge is -2.12. The van der Waals surface area contributed by atoms with Gasteiger partial charge in [-0.1, -0.05) is 37.3 Å². The molecule has 0 N–H and O–H groups in total. The van der Waals surface area contributed by atoms with E-state index in [0.717, 1.165) is 13.1 Å². The van der Waals surface area contributed by atoms with Crippen molar-refractivity contribution in [1.82, 2.24) is 3.11 Å². The van der Waals surface area contributed by atoms with E-state index >= 15 is 0 Å². The van der Waals surface area contributed by atoms with Gasteiger partial charge in [0.05, 0.1) is 0 Å². The molecule has 0 saturated carbocycles. The van der Waals surface area contributed by atoms with Gasteiger partial charge < -0.3 is 0 Å². The summed E-state index contributed by atoms with van der Waals surface area (Å²) in [5.74, 6) is 0. The Hall–Kier alpha value is -0.0900. The Labute approximate surface area is 88.3 Å². The summed E-state index contributed by atoms with van der Waals surface area (Å²) in [5, 5.41) is 0. The first kappa shape index (κ1) is 9.99. The Kier molecular flexibility index (Phi) is 4.61. The second-order valence-electron chi connectivity index (χ2n) is 2.83. The van der Waals surface area contributed by atoms with Crippen LogP contribution in [0.25, 0.3) is 0 Å². The number of hydrogen-bond donors (Lipinski definition) is 0. The van der Waals surface area contributed by atoms with Crippen molar-refractivity contribution in [2.24, 2.45) is 0 Å². The van der Waals surface area contributed by atoms with E-state index in [-0.39, 0.29) is 0 Å². The quantitative estimate of drug-likeness (QED) is 0.602. The van der Waals surface area contributed by atoms with Crippen LogP contribution in [0.15, 0.2) is 30.3 Å². The highest BCUT2D eigenvalue weighted by atomic mass is 127. The zero-order valence-corrected chi connectivity index (χ0v) is 9.49. The second-order valence-corrected chi connectivity index (χ2v) is 4.19. The maximum absolute atomic E-state index is 2.38. The predicted octanol–water partition coefficient (Wildman–Crippen LogP) is 3.25. The van der Waals surface area contributed by atoms with Crippen molar-refractivity contribution in [3.05, 3.63) is 35.9 Å². The maximum atomic E-state index is 2.38. The highest BCUT2D eigenvalue weighted by Gasteiger charge is 1.98. The maximum Gasteiger partial charge on any atom is 0.0332 e. The van der Waals surface area contributed by atoms with Crippen LogP contribution in [-0.2, 0) is 6.54 Å². The minimum atomic E-state index is 1.05. The van der Waals surface area contributed by atoms with Gasteiger partial charge in [0.2, 0.25) is 0 Å². The average molecular weight is 275 g/mol. The summed E-state index contributed by atoms with van der Waals surface area (Å²) in [6.45, 7) is 4.42. The fraction of sp³-hybridized carbons (Fsp3) is 0.400. The molecule has 66 valence electrons. The van der Waals surface area contributed by atoms with E-state index < -0.39 is 0 Å². The molecule has 0 fully saturated rings. The lowest BCUT2D eigenvalue weighted by molar-refractivity contribution is 0.503. The minimum absolute atomic E-state index is 1.05. The van der Waals surface area contributed by atoms with Crippen LogP contribution in [0.2, 0.25) is 0 Å². The SMILES string of the molecule is CCCN(I)Cc1ccccc1. The third kappa shape index (κ3) is 3.54. The molecule has 0 aliphatic heterocycles. The summed E-state index contributed by atoms with van der Waals surface area (Å²) in [4.78, 5) is 0. The normalized spacial score (nSPS) is 10.6. The fourth-order valence-electron chi connectivity index (χ4n) is 1.10.